The fraction of sp³-hybridized carbons (Fsp3) is 0.444. The van der Waals surface area contributed by atoms with Crippen LogP contribution in [0.2, 0.25) is 0 Å². The molecule has 0 aromatic carbocycles. The highest BCUT2D eigenvalue weighted by Gasteiger charge is 2.33. The zero-order valence-electron chi connectivity index (χ0n) is 7.85. The molecule has 78 valence electrons. The van der Waals surface area contributed by atoms with E-state index in [1.807, 2.05) is 0 Å². The summed E-state index contributed by atoms with van der Waals surface area (Å²) < 4.78 is 41.7. The predicted molar refractivity (Wildman–Crippen MR) is 45.1 cm³/mol. The molecule has 0 radical (unpaired) electrons. The second-order valence-electron chi connectivity index (χ2n) is 2.77. The summed E-state index contributed by atoms with van der Waals surface area (Å²) in [5.41, 5.74) is -0.327. The van der Waals surface area contributed by atoms with Crippen LogP contribution in [-0.4, -0.2) is 11.6 Å². The summed E-state index contributed by atoms with van der Waals surface area (Å²) >= 11 is 0. The molecule has 5 heteroatoms. The average molecular weight is 205 g/mol. The number of pyridine rings is 1. The van der Waals surface area contributed by atoms with Crippen molar-refractivity contribution in [3.63, 3.8) is 0 Å². The number of nitrogens with zero attached hydrogens (tertiary/aromatic N) is 1. The highest BCUT2D eigenvalue weighted by Crippen LogP contribution is 2.30. The normalized spacial score (nSPS) is 11.5. The lowest BCUT2D eigenvalue weighted by Gasteiger charge is -2.10. The largest absolute Gasteiger partial charge is 0.493 e. The van der Waals surface area contributed by atoms with E-state index in [0.29, 0.717) is 12.2 Å². The van der Waals surface area contributed by atoms with E-state index in [1.54, 1.807) is 13.8 Å². The van der Waals surface area contributed by atoms with Crippen LogP contribution in [0.1, 0.15) is 18.2 Å². The van der Waals surface area contributed by atoms with E-state index < -0.39 is 11.9 Å². The summed E-state index contributed by atoms with van der Waals surface area (Å²) in [6.45, 7) is 3.70. The number of aryl methyl sites for hydroxylation is 1. The van der Waals surface area contributed by atoms with Gasteiger partial charge in [-0.25, -0.2) is 0 Å². The summed E-state index contributed by atoms with van der Waals surface area (Å²) in [7, 11) is 0. The Bertz CT molecular complexity index is 322. The average Bonchev–Trinajstić information content (AvgIpc) is 2.07. The molecular formula is C9H10F3NO. The van der Waals surface area contributed by atoms with E-state index >= 15 is 0 Å². The lowest BCUT2D eigenvalue weighted by atomic mass is 10.2. The third-order valence-electron chi connectivity index (χ3n) is 1.64. The first-order valence-corrected chi connectivity index (χ1v) is 4.11. The Hall–Kier alpha value is -1.26. The van der Waals surface area contributed by atoms with Crippen molar-refractivity contribution in [2.24, 2.45) is 0 Å². The van der Waals surface area contributed by atoms with Crippen LogP contribution in [0.25, 0.3) is 0 Å². The molecule has 2 nitrogen and oxygen atoms in total. The molecule has 0 atom stereocenters. The monoisotopic (exact) mass is 205 g/mol. The maximum Gasteiger partial charge on any atom is 0.433 e. The molecule has 0 saturated carbocycles. The molecule has 0 spiro atoms. The van der Waals surface area contributed by atoms with Gasteiger partial charge in [-0.3, -0.25) is 4.98 Å². The van der Waals surface area contributed by atoms with Gasteiger partial charge in [-0.1, -0.05) is 0 Å². The lowest BCUT2D eigenvalue weighted by molar-refractivity contribution is -0.141. The maximum absolute atomic E-state index is 12.2. The first-order chi connectivity index (χ1) is 6.45. The van der Waals surface area contributed by atoms with Crippen molar-refractivity contribution < 1.29 is 17.9 Å². The third kappa shape index (κ3) is 2.37. The molecule has 0 saturated heterocycles. The van der Waals surface area contributed by atoms with Crippen molar-refractivity contribution in [2.75, 3.05) is 6.61 Å². The Labute approximate surface area is 79.7 Å². The molecule has 0 amide bonds. The molecule has 0 aliphatic rings. The van der Waals surface area contributed by atoms with E-state index in [0.717, 1.165) is 12.3 Å². The molecule has 1 rings (SSSR count). The third-order valence-corrected chi connectivity index (χ3v) is 1.64. The van der Waals surface area contributed by atoms with Crippen molar-refractivity contribution in [1.29, 1.82) is 0 Å². The highest BCUT2D eigenvalue weighted by atomic mass is 19.4. The molecule has 14 heavy (non-hydrogen) atoms. The minimum Gasteiger partial charge on any atom is -0.493 e. The molecule has 0 N–H and O–H groups in total. The Kier molecular flexibility index (Phi) is 2.98. The van der Waals surface area contributed by atoms with Crippen LogP contribution in [0.5, 0.6) is 5.75 Å². The van der Waals surface area contributed by atoms with Crippen molar-refractivity contribution >= 4 is 0 Å². The van der Waals surface area contributed by atoms with Crippen LogP contribution in [0, 0.1) is 6.92 Å². The van der Waals surface area contributed by atoms with E-state index in [1.165, 1.54) is 0 Å². The molecule has 0 unspecified atom stereocenters. The minimum absolute atomic E-state index is 0.231. The van der Waals surface area contributed by atoms with Crippen LogP contribution >= 0.6 is 0 Å². The summed E-state index contributed by atoms with van der Waals surface area (Å²) in [5.74, 6) is 0.231. The van der Waals surface area contributed by atoms with Gasteiger partial charge in [-0.2, -0.15) is 13.2 Å². The topological polar surface area (TPSA) is 22.1 Å². The van der Waals surface area contributed by atoms with Crippen molar-refractivity contribution in [3.05, 3.63) is 23.5 Å². The number of halogens is 3. The van der Waals surface area contributed by atoms with Crippen LogP contribution in [0.15, 0.2) is 12.3 Å². The number of ether oxygens (including phenoxy) is 1. The summed E-state index contributed by atoms with van der Waals surface area (Å²) in [5, 5.41) is 0. The molecule has 0 bridgehead atoms. The van der Waals surface area contributed by atoms with Crippen LogP contribution in [0.3, 0.4) is 0 Å². The van der Waals surface area contributed by atoms with Crippen molar-refractivity contribution in [2.45, 2.75) is 20.0 Å². The molecule has 1 heterocycles. The number of aromatic nitrogens is 1. The van der Waals surface area contributed by atoms with Gasteiger partial charge in [-0.15, -0.1) is 0 Å². The van der Waals surface area contributed by atoms with Crippen LogP contribution in [-0.2, 0) is 6.18 Å². The molecule has 1 aromatic rings. The zero-order valence-corrected chi connectivity index (χ0v) is 7.85. The van der Waals surface area contributed by atoms with Gasteiger partial charge in [0.2, 0.25) is 0 Å². The smallest absolute Gasteiger partial charge is 0.433 e. The second-order valence-corrected chi connectivity index (χ2v) is 2.77. The highest BCUT2D eigenvalue weighted by molar-refractivity contribution is 5.32. The lowest BCUT2D eigenvalue weighted by Crippen LogP contribution is -2.08. The Morgan fingerprint density at radius 2 is 2.07 bits per heavy atom. The van der Waals surface area contributed by atoms with Crippen LogP contribution in [0.4, 0.5) is 13.2 Å². The SMILES string of the molecule is CCOc1cc(C(F)(F)F)ncc1C. The van der Waals surface area contributed by atoms with Gasteiger partial charge < -0.3 is 4.74 Å². The van der Waals surface area contributed by atoms with Gasteiger partial charge in [0.05, 0.1) is 6.61 Å². The van der Waals surface area contributed by atoms with Gasteiger partial charge in [0, 0.05) is 17.8 Å². The molecule has 0 aliphatic heterocycles. The number of hydrogen-bond acceptors (Lipinski definition) is 2. The summed E-state index contributed by atoms with van der Waals surface area (Å²) in [6.07, 6.45) is -3.26. The van der Waals surface area contributed by atoms with Gasteiger partial charge in [0.25, 0.3) is 0 Å². The predicted octanol–water partition coefficient (Wildman–Crippen LogP) is 2.81. The van der Waals surface area contributed by atoms with Crippen molar-refractivity contribution in [1.82, 2.24) is 4.98 Å². The second kappa shape index (κ2) is 3.86. The van der Waals surface area contributed by atoms with Gasteiger partial charge >= 0.3 is 6.18 Å². The van der Waals surface area contributed by atoms with Gasteiger partial charge in [-0.05, 0) is 13.8 Å². The first kappa shape index (κ1) is 10.8. The summed E-state index contributed by atoms with van der Waals surface area (Å²) in [4.78, 5) is 3.29. The number of rotatable bonds is 2. The van der Waals surface area contributed by atoms with Crippen molar-refractivity contribution in [3.8, 4) is 5.75 Å². The summed E-state index contributed by atoms with van der Waals surface area (Å²) in [6, 6.07) is 0.916. The van der Waals surface area contributed by atoms with E-state index in [4.69, 9.17) is 4.74 Å². The molecule has 0 fully saturated rings. The molecular weight excluding hydrogens is 195 g/mol. The first-order valence-electron chi connectivity index (χ1n) is 4.11. The maximum atomic E-state index is 12.2. The number of hydrogen-bond donors (Lipinski definition) is 0. The van der Waals surface area contributed by atoms with E-state index in [9.17, 15) is 13.2 Å². The quantitative estimate of drug-likeness (QED) is 0.740. The van der Waals surface area contributed by atoms with Crippen LogP contribution < -0.4 is 4.74 Å². The van der Waals surface area contributed by atoms with Gasteiger partial charge in [0.1, 0.15) is 11.4 Å². The standard InChI is InChI=1S/C9H10F3NO/c1-3-14-7-4-8(9(10,11)12)13-5-6(7)2/h4-5H,3H2,1-2H3. The Morgan fingerprint density at radius 3 is 2.57 bits per heavy atom. The fourth-order valence-corrected chi connectivity index (χ4v) is 0.971. The zero-order chi connectivity index (χ0) is 10.8. The minimum atomic E-state index is -4.42. The molecule has 1 aromatic heterocycles. The fourth-order valence-electron chi connectivity index (χ4n) is 0.971. The van der Waals surface area contributed by atoms with Gasteiger partial charge in [0.15, 0.2) is 0 Å². The van der Waals surface area contributed by atoms with E-state index in [-0.39, 0.29) is 5.75 Å². The Balaban J connectivity index is 3.06. The Morgan fingerprint density at radius 1 is 1.43 bits per heavy atom. The molecule has 0 aliphatic carbocycles. The number of alkyl halides is 3. The van der Waals surface area contributed by atoms with E-state index in [2.05, 4.69) is 4.98 Å².